The number of nitrogens with one attached hydrogen (secondary N) is 1. The van der Waals surface area contributed by atoms with E-state index in [4.69, 9.17) is 4.74 Å². The summed E-state index contributed by atoms with van der Waals surface area (Å²) in [7, 11) is 0. The Morgan fingerprint density at radius 1 is 0.821 bits per heavy atom. The summed E-state index contributed by atoms with van der Waals surface area (Å²) in [6, 6.07) is 0.241. The number of carbonyl (C=O) groups excluding carboxylic acids is 1. The van der Waals surface area contributed by atoms with Crippen molar-refractivity contribution in [3.05, 3.63) is 11.6 Å². The first-order valence-electron chi connectivity index (χ1n) is 22.9. The molecule has 0 spiro atoms. The van der Waals surface area contributed by atoms with Gasteiger partial charge >= 0.3 is 18.0 Å². The van der Waals surface area contributed by atoms with E-state index in [-0.39, 0.29) is 36.7 Å². The van der Waals surface area contributed by atoms with Gasteiger partial charge in [0.2, 0.25) is 0 Å². The molecule has 4 rings (SSSR count). The van der Waals surface area contributed by atoms with Crippen LogP contribution in [0.25, 0.3) is 0 Å². The molecule has 0 aromatic carbocycles. The van der Waals surface area contributed by atoms with Crippen LogP contribution < -0.4 is 5.32 Å². The number of hydrogen-bond acceptors (Lipinski definition) is 7. The van der Waals surface area contributed by atoms with Gasteiger partial charge in [0.15, 0.2) is 0 Å². The van der Waals surface area contributed by atoms with Crippen LogP contribution in [0.5, 0.6) is 0 Å². The first-order chi connectivity index (χ1) is 26.6. The van der Waals surface area contributed by atoms with Crippen molar-refractivity contribution in [3.63, 3.8) is 0 Å². The number of amides is 1. The minimum absolute atomic E-state index is 0.0523. The molecule has 4 aliphatic rings. The zero-order valence-corrected chi connectivity index (χ0v) is 36.8. The Labute approximate surface area is 340 Å². The van der Waals surface area contributed by atoms with Crippen molar-refractivity contribution in [2.75, 3.05) is 58.9 Å². The fraction of sp³-hybridized carbons (Fsp3) is 0.891. The van der Waals surface area contributed by atoms with E-state index in [2.05, 4.69) is 76.6 Å². The van der Waals surface area contributed by atoms with Crippen LogP contribution in [-0.4, -0.2) is 114 Å². The number of rotatable bonds is 24. The number of unbranched alkanes of at least 4 members (excludes halogenated alkanes) is 1. The van der Waals surface area contributed by atoms with Gasteiger partial charge in [0.05, 0.1) is 13.1 Å². The summed E-state index contributed by atoms with van der Waals surface area (Å²) in [4.78, 5) is 41.9. The molecule has 3 N–H and O–H groups in total. The highest BCUT2D eigenvalue weighted by atomic mass is 16.6. The van der Waals surface area contributed by atoms with Crippen molar-refractivity contribution in [1.29, 1.82) is 0 Å². The van der Waals surface area contributed by atoms with Crippen LogP contribution in [0.2, 0.25) is 0 Å². The highest BCUT2D eigenvalue weighted by Crippen LogP contribution is 2.67. The minimum Gasteiger partial charge on any atom is -0.480 e. The van der Waals surface area contributed by atoms with Gasteiger partial charge in [-0.15, -0.1) is 0 Å². The fourth-order valence-electron chi connectivity index (χ4n) is 12.1. The molecule has 0 aliphatic heterocycles. The summed E-state index contributed by atoms with van der Waals surface area (Å²) in [6.07, 6.45) is 18.8. The van der Waals surface area contributed by atoms with E-state index in [0.29, 0.717) is 25.0 Å². The maximum Gasteiger partial charge on any atom is 0.407 e. The molecular weight excluding hydrogens is 705 g/mol. The Bertz CT molecular complexity index is 1270. The number of carboxylic acid groups (broad SMARTS) is 2. The third-order valence-corrected chi connectivity index (χ3v) is 15.5. The van der Waals surface area contributed by atoms with Gasteiger partial charge in [-0.1, -0.05) is 85.8 Å². The van der Waals surface area contributed by atoms with Crippen LogP contribution in [0.15, 0.2) is 11.6 Å². The van der Waals surface area contributed by atoms with Gasteiger partial charge in [-0.3, -0.25) is 19.4 Å². The summed E-state index contributed by atoms with van der Waals surface area (Å²) in [5.74, 6) is 2.89. The highest BCUT2D eigenvalue weighted by molar-refractivity contribution is 5.72. The first-order valence-corrected chi connectivity index (χ1v) is 22.9. The number of hydrogen-bond donors (Lipinski definition) is 3. The average molecular weight is 787 g/mol. The van der Waals surface area contributed by atoms with Crippen LogP contribution >= 0.6 is 0 Å². The predicted molar refractivity (Wildman–Crippen MR) is 226 cm³/mol. The normalized spacial score (nSPS) is 29.8. The summed E-state index contributed by atoms with van der Waals surface area (Å²) in [6.45, 7) is 23.6. The lowest BCUT2D eigenvalue weighted by atomic mass is 9.47. The Morgan fingerprint density at radius 3 is 2.14 bits per heavy atom. The molecule has 0 heterocycles. The smallest absolute Gasteiger partial charge is 0.407 e. The molecule has 0 aromatic rings. The number of fused-ring (bicyclic) bond motifs is 5. The number of carbonyl (C=O) groups is 3. The van der Waals surface area contributed by atoms with Crippen molar-refractivity contribution in [2.24, 2.45) is 46.3 Å². The summed E-state index contributed by atoms with van der Waals surface area (Å²) in [5, 5.41) is 21.6. The lowest BCUT2D eigenvalue weighted by molar-refractivity contribution is -0.141. The molecule has 3 saturated carbocycles. The number of aliphatic carboxylic acids is 2. The van der Waals surface area contributed by atoms with E-state index in [0.717, 1.165) is 100 Å². The van der Waals surface area contributed by atoms with E-state index >= 15 is 0 Å². The largest absolute Gasteiger partial charge is 0.480 e. The summed E-state index contributed by atoms with van der Waals surface area (Å²) >= 11 is 0. The van der Waals surface area contributed by atoms with Gasteiger partial charge in [-0.05, 0) is 124 Å². The molecule has 0 bridgehead atoms. The van der Waals surface area contributed by atoms with Gasteiger partial charge in [-0.2, -0.15) is 0 Å². The molecule has 3 fully saturated rings. The van der Waals surface area contributed by atoms with Crippen molar-refractivity contribution >= 4 is 18.0 Å². The average Bonchev–Trinajstić information content (AvgIpc) is 3.49. The molecule has 10 nitrogen and oxygen atoms in total. The molecule has 0 saturated heterocycles. The topological polar surface area (TPSA) is 123 Å². The van der Waals surface area contributed by atoms with E-state index in [9.17, 15) is 24.6 Å². The minimum atomic E-state index is -1.02. The van der Waals surface area contributed by atoms with Crippen molar-refractivity contribution < 1.29 is 29.3 Å². The molecule has 1 amide bonds. The molecule has 6 unspecified atom stereocenters. The Kier molecular flexibility index (Phi) is 18.0. The van der Waals surface area contributed by atoms with E-state index in [1.807, 2.05) is 0 Å². The van der Waals surface area contributed by atoms with Gasteiger partial charge < -0.3 is 25.2 Å². The monoisotopic (exact) mass is 787 g/mol. The second-order valence-corrected chi connectivity index (χ2v) is 19.4. The zero-order valence-electron chi connectivity index (χ0n) is 36.8. The van der Waals surface area contributed by atoms with Crippen LogP contribution in [0.3, 0.4) is 0 Å². The predicted octanol–water partition coefficient (Wildman–Crippen LogP) is 8.80. The Hall–Kier alpha value is -2.17. The zero-order chi connectivity index (χ0) is 41.0. The van der Waals surface area contributed by atoms with Crippen LogP contribution in [-0.2, 0) is 14.3 Å². The lowest BCUT2D eigenvalue weighted by Gasteiger charge is -2.58. The van der Waals surface area contributed by atoms with Gasteiger partial charge in [0.1, 0.15) is 6.10 Å². The molecule has 0 radical (unpaired) electrons. The molecule has 56 heavy (non-hydrogen) atoms. The van der Waals surface area contributed by atoms with E-state index in [1.54, 1.807) is 5.57 Å². The van der Waals surface area contributed by atoms with Crippen LogP contribution in [0, 0.1) is 46.3 Å². The van der Waals surface area contributed by atoms with Crippen molar-refractivity contribution in [2.45, 2.75) is 157 Å². The summed E-state index contributed by atoms with van der Waals surface area (Å²) < 4.78 is 6.05. The van der Waals surface area contributed by atoms with Crippen LogP contribution in [0.1, 0.15) is 145 Å². The van der Waals surface area contributed by atoms with Crippen LogP contribution in [0.4, 0.5) is 4.79 Å². The molecule has 0 aromatic heterocycles. The SMILES string of the molecule is CCN(CC)CCN(CCN(CC(=O)O)CC(=O)O)C(C)CCCCNC(=O)OC1CC[C@@]2(C)C(=CCC3C2CC[C@@]2(C)C3CC[C@@H]2C(C)CCCC(C)C)C1. The molecule has 10 heteroatoms. The van der Waals surface area contributed by atoms with Crippen molar-refractivity contribution in [1.82, 2.24) is 20.0 Å². The summed E-state index contributed by atoms with van der Waals surface area (Å²) in [5.41, 5.74) is 2.29. The van der Waals surface area contributed by atoms with Gasteiger partial charge in [0, 0.05) is 45.2 Å². The van der Waals surface area contributed by atoms with Gasteiger partial charge in [-0.25, -0.2) is 4.79 Å². The first kappa shape index (κ1) is 46.5. The second kappa shape index (κ2) is 21.7. The molecule has 4 aliphatic carbocycles. The number of nitrogens with zero attached hydrogens (tertiary/aromatic N) is 3. The number of ether oxygens (including phenoxy) is 1. The third-order valence-electron chi connectivity index (χ3n) is 15.5. The Balaban J connectivity index is 1.21. The highest BCUT2D eigenvalue weighted by Gasteiger charge is 2.59. The fourth-order valence-corrected chi connectivity index (χ4v) is 12.1. The molecule has 322 valence electrons. The molecular formula is C46H82N4O6. The van der Waals surface area contributed by atoms with E-state index < -0.39 is 11.9 Å². The maximum atomic E-state index is 13.0. The number of allylic oxidation sites excluding steroid dienone is 1. The quantitative estimate of drug-likeness (QED) is 0.0651. The third kappa shape index (κ3) is 12.4. The second-order valence-electron chi connectivity index (χ2n) is 19.4. The Morgan fingerprint density at radius 2 is 1.50 bits per heavy atom. The van der Waals surface area contributed by atoms with Crippen molar-refractivity contribution in [3.8, 4) is 0 Å². The van der Waals surface area contributed by atoms with E-state index in [1.165, 1.54) is 56.3 Å². The number of likely N-dealkylation sites (N-methyl/N-ethyl adjacent to an activating group) is 1. The standard InChI is InChI=1S/C46H82N4O6/c1-9-48(10-2)26-28-50(29-27-49(31-42(51)52)32-43(53)54)35(6)16-11-12-25-47-44(55)56-37-21-23-45(7)36(30-37)17-18-38-40-20-19-39(34(5)15-13-14-33(3)4)46(40,8)24-22-41(38)45/h17,33-35,37-41H,9-16,18-32H2,1-8H3,(H,47,55)(H,51,52)(H,53,54)/t34?,35?,37?,38?,39-,40?,41?,45+,46-/m1/s1. The lowest BCUT2D eigenvalue weighted by Crippen LogP contribution is -2.51. The molecule has 9 atom stereocenters. The number of carboxylic acids is 2. The maximum absolute atomic E-state index is 13.0. The number of alkyl carbamates (subject to hydrolysis) is 1. The van der Waals surface area contributed by atoms with Gasteiger partial charge in [0.25, 0.3) is 0 Å².